The van der Waals surface area contributed by atoms with Crippen LogP contribution in [0.5, 0.6) is 0 Å². The number of benzene rings is 1. The average molecular weight is 439 g/mol. The topological polar surface area (TPSA) is 76.2 Å². The maximum Gasteiger partial charge on any atom is 0.251 e. The number of sulfonamides is 1. The molecule has 7 nitrogen and oxygen atoms in total. The fourth-order valence-electron chi connectivity index (χ4n) is 2.69. The van der Waals surface area contributed by atoms with Gasteiger partial charge >= 0.3 is 0 Å². The zero-order chi connectivity index (χ0) is 20.0. The zero-order valence-electron chi connectivity index (χ0n) is 15.4. The van der Waals surface area contributed by atoms with Crippen LogP contribution in [0.1, 0.15) is 13.8 Å². The monoisotopic (exact) mass is 438 g/mol. The van der Waals surface area contributed by atoms with E-state index >= 15 is 0 Å². The fourth-order valence-corrected chi connectivity index (χ4v) is 4.50. The van der Waals surface area contributed by atoms with Gasteiger partial charge in [0.05, 0.1) is 28.2 Å². The normalized spacial score (nSPS) is 17.1. The molecule has 1 aromatic carbocycles. The summed E-state index contributed by atoms with van der Waals surface area (Å²) in [7, 11) is -3.69. The molecule has 1 aliphatic heterocycles. The molecule has 1 amide bonds. The van der Waals surface area contributed by atoms with Crippen LogP contribution in [-0.2, 0) is 24.3 Å². The molecule has 152 valence electrons. The Balaban J connectivity index is 1.92. The Bertz CT molecular complexity index is 752. The second-order valence-electron chi connectivity index (χ2n) is 6.02. The van der Waals surface area contributed by atoms with Gasteiger partial charge in [0.1, 0.15) is 6.10 Å². The highest BCUT2D eigenvalue weighted by Gasteiger charge is 2.31. The molecule has 1 unspecified atom stereocenters. The number of hydrogen-bond acceptors (Lipinski definition) is 5. The lowest BCUT2D eigenvalue weighted by molar-refractivity contribution is -0.144. The van der Waals surface area contributed by atoms with Crippen LogP contribution in [0.3, 0.4) is 0 Å². The van der Waals surface area contributed by atoms with E-state index in [1.165, 1.54) is 22.5 Å². The molecule has 1 fully saturated rings. The van der Waals surface area contributed by atoms with E-state index in [-0.39, 0.29) is 28.9 Å². The Kier molecular flexibility index (Phi) is 8.33. The van der Waals surface area contributed by atoms with Crippen molar-refractivity contribution in [1.29, 1.82) is 0 Å². The zero-order valence-corrected chi connectivity index (χ0v) is 17.7. The first-order valence-electron chi connectivity index (χ1n) is 8.70. The third-order valence-corrected chi connectivity index (χ3v) is 6.86. The van der Waals surface area contributed by atoms with Gasteiger partial charge in [-0.3, -0.25) is 4.79 Å². The molecule has 0 bridgehead atoms. The van der Waals surface area contributed by atoms with E-state index in [1.807, 2.05) is 6.92 Å². The molecule has 0 N–H and O–H groups in total. The highest BCUT2D eigenvalue weighted by Crippen LogP contribution is 2.27. The number of amides is 1. The number of ether oxygens (including phenoxy) is 2. The van der Waals surface area contributed by atoms with Crippen LogP contribution in [0.15, 0.2) is 23.1 Å². The average Bonchev–Trinajstić information content (AvgIpc) is 2.66. The summed E-state index contributed by atoms with van der Waals surface area (Å²) in [5.41, 5.74) is 0. The minimum Gasteiger partial charge on any atom is -0.379 e. The van der Waals surface area contributed by atoms with Gasteiger partial charge in [-0.1, -0.05) is 23.2 Å². The van der Waals surface area contributed by atoms with E-state index in [2.05, 4.69) is 0 Å². The summed E-state index contributed by atoms with van der Waals surface area (Å²) in [4.78, 5) is 14.1. The standard InChI is InChI=1S/C17H24Cl2N2O5S/c1-3-25-10-11-26-13(2)17(22)20-6-8-21(9-7-20)27(23,24)14-4-5-15(18)16(19)12-14/h4-5,12-13H,3,6-11H2,1-2H3. The maximum absolute atomic E-state index is 12.7. The number of piperazine rings is 1. The maximum atomic E-state index is 12.7. The second kappa shape index (κ2) is 10.0. The number of rotatable bonds is 8. The van der Waals surface area contributed by atoms with Crippen molar-refractivity contribution in [2.24, 2.45) is 0 Å². The summed E-state index contributed by atoms with van der Waals surface area (Å²) in [6, 6.07) is 4.22. The lowest BCUT2D eigenvalue weighted by atomic mass is 10.3. The third kappa shape index (κ3) is 5.79. The largest absolute Gasteiger partial charge is 0.379 e. The van der Waals surface area contributed by atoms with Crippen LogP contribution >= 0.6 is 23.2 Å². The summed E-state index contributed by atoms with van der Waals surface area (Å²) in [6.07, 6.45) is -0.594. The van der Waals surface area contributed by atoms with E-state index in [1.54, 1.807) is 11.8 Å². The summed E-state index contributed by atoms with van der Waals surface area (Å²) in [5, 5.41) is 0.480. The van der Waals surface area contributed by atoms with Crippen molar-refractivity contribution >= 4 is 39.1 Å². The quantitative estimate of drug-likeness (QED) is 0.581. The van der Waals surface area contributed by atoms with Crippen LogP contribution in [0, 0.1) is 0 Å². The van der Waals surface area contributed by atoms with Crippen LogP contribution < -0.4 is 0 Å². The second-order valence-corrected chi connectivity index (χ2v) is 8.77. The minimum absolute atomic E-state index is 0.0873. The molecular formula is C17H24Cl2N2O5S. The van der Waals surface area contributed by atoms with Crippen molar-refractivity contribution in [3.05, 3.63) is 28.2 Å². The van der Waals surface area contributed by atoms with Gasteiger partial charge in [-0.05, 0) is 32.0 Å². The van der Waals surface area contributed by atoms with Crippen molar-refractivity contribution < 1.29 is 22.7 Å². The molecule has 2 rings (SSSR count). The van der Waals surface area contributed by atoms with Crippen molar-refractivity contribution in [3.63, 3.8) is 0 Å². The van der Waals surface area contributed by atoms with Gasteiger partial charge < -0.3 is 14.4 Å². The van der Waals surface area contributed by atoms with Crippen molar-refractivity contribution in [3.8, 4) is 0 Å². The predicted octanol–water partition coefficient (Wildman–Crippen LogP) is 2.27. The molecule has 0 radical (unpaired) electrons. The Labute approximate surface area is 170 Å². The SMILES string of the molecule is CCOCCOC(C)C(=O)N1CCN(S(=O)(=O)c2ccc(Cl)c(Cl)c2)CC1. The molecule has 1 aromatic rings. The van der Waals surface area contributed by atoms with Crippen molar-refractivity contribution in [1.82, 2.24) is 9.21 Å². The highest BCUT2D eigenvalue weighted by molar-refractivity contribution is 7.89. The molecule has 1 saturated heterocycles. The van der Waals surface area contributed by atoms with Gasteiger partial charge in [0.2, 0.25) is 10.0 Å². The van der Waals surface area contributed by atoms with Gasteiger partial charge in [-0.15, -0.1) is 0 Å². The molecule has 1 atom stereocenters. The van der Waals surface area contributed by atoms with E-state index in [0.717, 1.165) is 0 Å². The Hall–Kier alpha value is -0.900. The smallest absolute Gasteiger partial charge is 0.251 e. The van der Waals surface area contributed by atoms with E-state index < -0.39 is 16.1 Å². The molecule has 0 aromatic heterocycles. The first-order chi connectivity index (χ1) is 12.8. The number of carbonyl (C=O) groups excluding carboxylic acids is 1. The highest BCUT2D eigenvalue weighted by atomic mass is 35.5. The summed E-state index contributed by atoms with van der Waals surface area (Å²) in [5.74, 6) is -0.155. The molecular weight excluding hydrogens is 415 g/mol. The molecule has 0 aliphatic carbocycles. The fraction of sp³-hybridized carbons (Fsp3) is 0.588. The van der Waals surface area contributed by atoms with Gasteiger partial charge in [0, 0.05) is 32.8 Å². The van der Waals surface area contributed by atoms with Gasteiger partial charge in [0.15, 0.2) is 0 Å². The summed E-state index contributed by atoms with van der Waals surface area (Å²) >= 11 is 11.8. The number of hydrogen-bond donors (Lipinski definition) is 0. The van der Waals surface area contributed by atoms with Crippen molar-refractivity contribution in [2.45, 2.75) is 24.8 Å². The minimum atomic E-state index is -3.69. The Morgan fingerprint density at radius 1 is 1.15 bits per heavy atom. The number of halogens is 2. The first kappa shape index (κ1) is 22.4. The lowest BCUT2D eigenvalue weighted by Gasteiger charge is -2.35. The molecule has 10 heteroatoms. The van der Waals surface area contributed by atoms with Crippen LogP contribution in [0.4, 0.5) is 0 Å². The van der Waals surface area contributed by atoms with Crippen molar-refractivity contribution in [2.75, 3.05) is 46.0 Å². The Morgan fingerprint density at radius 3 is 2.41 bits per heavy atom. The third-order valence-electron chi connectivity index (χ3n) is 4.23. The summed E-state index contributed by atoms with van der Waals surface area (Å²) < 4.78 is 37.5. The number of carbonyl (C=O) groups is 1. The first-order valence-corrected chi connectivity index (χ1v) is 10.9. The van der Waals surface area contributed by atoms with E-state index in [0.29, 0.717) is 37.9 Å². The Morgan fingerprint density at radius 2 is 1.81 bits per heavy atom. The lowest BCUT2D eigenvalue weighted by Crippen LogP contribution is -2.52. The van der Waals surface area contributed by atoms with E-state index in [9.17, 15) is 13.2 Å². The van der Waals surface area contributed by atoms with E-state index in [4.69, 9.17) is 32.7 Å². The molecule has 0 spiro atoms. The van der Waals surface area contributed by atoms with Gasteiger partial charge in [-0.2, -0.15) is 4.31 Å². The van der Waals surface area contributed by atoms with Crippen LogP contribution in [-0.4, -0.2) is 75.6 Å². The predicted molar refractivity (Wildman–Crippen MR) is 104 cm³/mol. The van der Waals surface area contributed by atoms with Gasteiger partial charge in [0.25, 0.3) is 5.91 Å². The molecule has 0 saturated carbocycles. The molecule has 1 aliphatic rings. The number of nitrogens with zero attached hydrogens (tertiary/aromatic N) is 2. The van der Waals surface area contributed by atoms with Crippen LogP contribution in [0.25, 0.3) is 0 Å². The molecule has 1 heterocycles. The summed E-state index contributed by atoms with van der Waals surface area (Å²) in [6.45, 7) is 5.97. The van der Waals surface area contributed by atoms with Crippen LogP contribution in [0.2, 0.25) is 10.0 Å². The van der Waals surface area contributed by atoms with Gasteiger partial charge in [-0.25, -0.2) is 8.42 Å². The molecule has 27 heavy (non-hydrogen) atoms.